The largest absolute Gasteiger partial charge is 0.481 e. The molecule has 1 saturated heterocycles. The molecule has 1 aliphatic heterocycles. The van der Waals surface area contributed by atoms with Gasteiger partial charge in [0, 0.05) is 37.6 Å². The molecule has 1 aromatic rings. The lowest BCUT2D eigenvalue weighted by Gasteiger charge is -2.32. The number of nitrogens with zero attached hydrogens (tertiary/aromatic N) is 1. The van der Waals surface area contributed by atoms with Crippen molar-refractivity contribution in [2.45, 2.75) is 104 Å². The molecule has 1 aliphatic carbocycles. The molecule has 1 heterocycles. The molecule has 2 unspecified atom stereocenters. The van der Waals surface area contributed by atoms with Crippen LogP contribution in [0.5, 0.6) is 0 Å². The predicted molar refractivity (Wildman–Crippen MR) is 164 cm³/mol. The zero-order chi connectivity index (χ0) is 34.3. The number of carbonyl (C=O) groups is 6. The van der Waals surface area contributed by atoms with E-state index in [1.807, 2.05) is 0 Å². The Morgan fingerprint density at radius 2 is 1.67 bits per heavy atom. The molecule has 2 N–H and O–H groups in total. The van der Waals surface area contributed by atoms with Gasteiger partial charge in [-0.25, -0.2) is 13.6 Å². The summed E-state index contributed by atoms with van der Waals surface area (Å²) in [5.41, 5.74) is 0.691. The van der Waals surface area contributed by atoms with Crippen molar-refractivity contribution in [2.75, 3.05) is 6.54 Å². The topological polar surface area (TPSA) is 147 Å². The molecular formula is C34H46F2N2O8. The van der Waals surface area contributed by atoms with Crippen LogP contribution in [0.25, 0.3) is 0 Å². The number of alkyl carbamates (subject to hydrolysis) is 1. The third-order valence-electron chi connectivity index (χ3n) is 9.00. The summed E-state index contributed by atoms with van der Waals surface area (Å²) in [4.78, 5) is 79.7. The van der Waals surface area contributed by atoms with E-state index >= 15 is 0 Å². The molecule has 12 heteroatoms. The lowest BCUT2D eigenvalue weighted by atomic mass is 9.82. The zero-order valence-corrected chi connectivity index (χ0v) is 27.2. The minimum Gasteiger partial charge on any atom is -0.481 e. The maximum absolute atomic E-state index is 15.0. The fraction of sp³-hybridized carbons (Fsp3) is 0.647. The predicted octanol–water partition coefficient (Wildman–Crippen LogP) is 4.87. The van der Waals surface area contributed by atoms with E-state index in [4.69, 9.17) is 4.74 Å². The Morgan fingerprint density at radius 3 is 2.24 bits per heavy atom. The number of ketones is 3. The van der Waals surface area contributed by atoms with Gasteiger partial charge in [-0.1, -0.05) is 57.5 Å². The van der Waals surface area contributed by atoms with Crippen LogP contribution in [0.4, 0.5) is 13.6 Å². The van der Waals surface area contributed by atoms with Crippen LogP contribution in [0.2, 0.25) is 0 Å². The third-order valence-corrected chi connectivity index (χ3v) is 9.00. The summed E-state index contributed by atoms with van der Waals surface area (Å²) in [5.74, 6) is -12.2. The summed E-state index contributed by atoms with van der Waals surface area (Å²) in [7, 11) is 0. The number of alkyl halides is 2. The Bertz CT molecular complexity index is 1280. The van der Waals surface area contributed by atoms with Crippen molar-refractivity contribution in [3.8, 4) is 0 Å². The van der Waals surface area contributed by atoms with Crippen LogP contribution in [0.15, 0.2) is 30.3 Å². The van der Waals surface area contributed by atoms with Crippen LogP contribution >= 0.6 is 0 Å². The molecule has 10 nitrogen and oxygen atoms in total. The van der Waals surface area contributed by atoms with Gasteiger partial charge in [-0.2, -0.15) is 0 Å². The van der Waals surface area contributed by atoms with Gasteiger partial charge < -0.3 is 20.1 Å². The number of aliphatic carboxylic acids is 1. The van der Waals surface area contributed by atoms with Crippen LogP contribution in [-0.4, -0.2) is 76.0 Å². The molecule has 2 amide bonds. The highest BCUT2D eigenvalue weighted by molar-refractivity contribution is 6.38. The quantitative estimate of drug-likeness (QED) is 0.242. The molecule has 2 aliphatic rings. The number of amides is 2. The van der Waals surface area contributed by atoms with Crippen molar-refractivity contribution < 1.29 is 47.4 Å². The Labute approximate surface area is 268 Å². The molecule has 0 spiro atoms. The highest BCUT2D eigenvalue weighted by Gasteiger charge is 2.61. The maximum atomic E-state index is 15.0. The SMILES string of the molecule is CCCC(CC(=O)[C@@H]1[C@H]2CCC(F)(F)C2CN1C(=O)[C@@H](NC(=O)OC(C)C)C(C)C)C(=O)C(=O)C[C@H](Cc1ccccc1)C(=O)O. The Hall–Kier alpha value is -3.70. The molecule has 6 atom stereocenters. The standard InChI is InChI=1S/C34H46F2N2O8/c1-6-10-22(30(41)27(40)17-23(32(43)44)15-21-11-8-7-9-12-21)16-26(39)29-24-13-14-34(35,36)25(24)18-38(29)31(42)28(19(2)3)37-33(45)46-20(4)5/h7-9,11-12,19-20,22-25,28-29H,6,10,13-18H2,1-5H3,(H,37,45)(H,43,44)/t22?,23-,24-,25?,28-,29-/m0/s1. The van der Waals surface area contributed by atoms with E-state index in [-0.39, 0.29) is 25.8 Å². The van der Waals surface area contributed by atoms with E-state index in [0.717, 1.165) is 4.90 Å². The second-order valence-electron chi connectivity index (χ2n) is 13.2. The van der Waals surface area contributed by atoms with Gasteiger partial charge in [0.25, 0.3) is 5.92 Å². The summed E-state index contributed by atoms with van der Waals surface area (Å²) in [6.45, 7) is 7.98. The normalized spacial score (nSPS) is 22.2. The Morgan fingerprint density at radius 1 is 1.02 bits per heavy atom. The number of benzene rings is 1. The second-order valence-corrected chi connectivity index (χ2v) is 13.2. The number of carboxylic acid groups (broad SMARTS) is 1. The minimum absolute atomic E-state index is 0.00187. The van der Waals surface area contributed by atoms with E-state index in [9.17, 15) is 42.7 Å². The van der Waals surface area contributed by atoms with E-state index in [1.54, 1.807) is 65.0 Å². The monoisotopic (exact) mass is 648 g/mol. The number of carbonyl (C=O) groups excluding carboxylic acids is 5. The second kappa shape index (κ2) is 15.7. The maximum Gasteiger partial charge on any atom is 0.408 e. The number of Topliss-reactive ketones (excluding diaryl/α,β-unsaturated/α-hetero) is 3. The lowest BCUT2D eigenvalue weighted by molar-refractivity contribution is -0.146. The van der Waals surface area contributed by atoms with Crippen molar-refractivity contribution in [1.82, 2.24) is 10.2 Å². The minimum atomic E-state index is -3.10. The van der Waals surface area contributed by atoms with Crippen LogP contribution in [0.3, 0.4) is 0 Å². The number of hydrogen-bond donors (Lipinski definition) is 2. The number of hydrogen-bond acceptors (Lipinski definition) is 7. The number of halogens is 2. The molecule has 0 bridgehead atoms. The van der Waals surface area contributed by atoms with Crippen LogP contribution in [0, 0.1) is 29.6 Å². The Balaban J connectivity index is 1.83. The van der Waals surface area contributed by atoms with E-state index in [1.165, 1.54) is 0 Å². The van der Waals surface area contributed by atoms with Gasteiger partial charge in [0.2, 0.25) is 11.7 Å². The van der Waals surface area contributed by atoms with E-state index in [2.05, 4.69) is 5.32 Å². The first-order valence-corrected chi connectivity index (χ1v) is 16.1. The Kier molecular flexibility index (Phi) is 12.6. The number of carboxylic acids is 1. The van der Waals surface area contributed by atoms with Crippen molar-refractivity contribution in [3.63, 3.8) is 0 Å². The highest BCUT2D eigenvalue weighted by Crippen LogP contribution is 2.51. The summed E-state index contributed by atoms with van der Waals surface area (Å²) in [5, 5.41) is 12.2. The van der Waals surface area contributed by atoms with Crippen LogP contribution < -0.4 is 5.32 Å². The average molecular weight is 649 g/mol. The highest BCUT2D eigenvalue weighted by atomic mass is 19.3. The third kappa shape index (κ3) is 8.97. The summed E-state index contributed by atoms with van der Waals surface area (Å²) in [6, 6.07) is 6.28. The molecule has 254 valence electrons. The molecule has 3 rings (SSSR count). The lowest BCUT2D eigenvalue weighted by Crippen LogP contribution is -2.55. The first-order chi connectivity index (χ1) is 21.6. The molecule has 0 radical (unpaired) electrons. The number of rotatable bonds is 16. The van der Waals surface area contributed by atoms with Crippen molar-refractivity contribution >= 4 is 35.3 Å². The molecule has 1 saturated carbocycles. The van der Waals surface area contributed by atoms with E-state index < -0.39 is 108 Å². The van der Waals surface area contributed by atoms with Gasteiger partial charge >= 0.3 is 12.1 Å². The molecule has 1 aromatic carbocycles. The first-order valence-electron chi connectivity index (χ1n) is 16.1. The van der Waals surface area contributed by atoms with Gasteiger partial charge in [0.15, 0.2) is 11.6 Å². The zero-order valence-electron chi connectivity index (χ0n) is 27.2. The average Bonchev–Trinajstić information content (AvgIpc) is 3.51. The smallest absolute Gasteiger partial charge is 0.408 e. The number of fused-ring (bicyclic) bond motifs is 1. The molecular weight excluding hydrogens is 602 g/mol. The summed E-state index contributed by atoms with van der Waals surface area (Å²) < 4.78 is 35.0. The van der Waals surface area contributed by atoms with Gasteiger partial charge in [-0.3, -0.25) is 24.0 Å². The van der Waals surface area contributed by atoms with Crippen LogP contribution in [0.1, 0.15) is 78.7 Å². The molecule has 2 fully saturated rings. The fourth-order valence-electron chi connectivity index (χ4n) is 6.70. The van der Waals surface area contributed by atoms with Gasteiger partial charge in [-0.15, -0.1) is 0 Å². The number of nitrogens with one attached hydrogen (secondary N) is 1. The van der Waals surface area contributed by atoms with Crippen molar-refractivity contribution in [1.29, 1.82) is 0 Å². The van der Waals surface area contributed by atoms with Gasteiger partial charge in [0.1, 0.15) is 6.04 Å². The fourth-order valence-corrected chi connectivity index (χ4v) is 6.70. The van der Waals surface area contributed by atoms with Crippen molar-refractivity contribution in [3.05, 3.63) is 35.9 Å². The van der Waals surface area contributed by atoms with Crippen LogP contribution in [-0.2, 0) is 35.1 Å². The number of ether oxygens (including phenoxy) is 1. The van der Waals surface area contributed by atoms with Crippen molar-refractivity contribution in [2.24, 2.45) is 29.6 Å². The summed E-state index contributed by atoms with van der Waals surface area (Å²) in [6.07, 6.45) is -2.14. The number of likely N-dealkylation sites (tertiary alicyclic amines) is 1. The van der Waals surface area contributed by atoms with Gasteiger partial charge in [0.05, 0.1) is 18.1 Å². The van der Waals surface area contributed by atoms with Gasteiger partial charge in [-0.05, 0) is 50.5 Å². The molecule has 0 aromatic heterocycles. The van der Waals surface area contributed by atoms with E-state index in [0.29, 0.717) is 12.0 Å². The summed E-state index contributed by atoms with van der Waals surface area (Å²) >= 11 is 0. The first kappa shape index (κ1) is 36.8. The molecule has 46 heavy (non-hydrogen) atoms.